The fourth-order valence-corrected chi connectivity index (χ4v) is 4.84. The fraction of sp³-hybridized carbons (Fsp3) is 0.400. The molecule has 34 heavy (non-hydrogen) atoms. The number of carbonyl (C=O) groups is 2. The van der Waals surface area contributed by atoms with Gasteiger partial charge in [0, 0.05) is 60.7 Å². The summed E-state index contributed by atoms with van der Waals surface area (Å²) in [7, 11) is 1.63. The molecule has 1 spiro atoms. The first-order valence-electron chi connectivity index (χ1n) is 11.4. The average molecular weight is 479 g/mol. The summed E-state index contributed by atoms with van der Waals surface area (Å²) in [5, 5.41) is 10.1. The Balaban J connectivity index is 0.00000274. The number of amides is 2. The molecule has 2 aliphatic rings. The summed E-state index contributed by atoms with van der Waals surface area (Å²) >= 11 is 0. The highest BCUT2D eigenvalue weighted by molar-refractivity contribution is 7.59. The third kappa shape index (κ3) is 4.70. The summed E-state index contributed by atoms with van der Waals surface area (Å²) < 4.78 is 0. The second kappa shape index (κ2) is 9.58. The first-order chi connectivity index (χ1) is 16.0. The van der Waals surface area contributed by atoms with Crippen molar-refractivity contribution in [3.63, 3.8) is 0 Å². The molecule has 0 bridgehead atoms. The van der Waals surface area contributed by atoms with Gasteiger partial charge in [0.25, 0.3) is 5.91 Å². The van der Waals surface area contributed by atoms with Crippen molar-refractivity contribution in [1.82, 2.24) is 25.6 Å². The standard InChI is InChI=1S/C25H28N6O2.H2S/c1-15(17-4-3-5-18-19(24(33)26-2)6-9-27-23(17)18)13-28-21-11-20(29-14-30-21)16-10-22(32)31-25(12-16)7-8-25;/h3-6,9,11,14-16H,7-8,10,12-13H2,1-2H3,(H,26,33)(H,31,32)(H,28,29,30);1H2/t15-,16?;/m1./s1. The third-order valence-electron chi connectivity index (χ3n) is 6.83. The number of piperidine rings is 1. The molecular formula is C25H30N6O2S. The third-order valence-corrected chi connectivity index (χ3v) is 6.83. The molecule has 8 nitrogen and oxygen atoms in total. The Morgan fingerprint density at radius 2 is 2.06 bits per heavy atom. The van der Waals surface area contributed by atoms with E-state index in [4.69, 9.17) is 0 Å². The Kier molecular flexibility index (Phi) is 6.74. The van der Waals surface area contributed by atoms with Crippen LogP contribution in [-0.2, 0) is 4.79 Å². The van der Waals surface area contributed by atoms with Crippen LogP contribution in [0.5, 0.6) is 0 Å². The molecule has 1 aliphatic carbocycles. The van der Waals surface area contributed by atoms with Gasteiger partial charge >= 0.3 is 0 Å². The smallest absolute Gasteiger partial charge is 0.251 e. The molecule has 5 rings (SSSR count). The molecule has 2 amide bonds. The second-order valence-electron chi connectivity index (χ2n) is 9.22. The molecule has 1 aliphatic heterocycles. The highest BCUT2D eigenvalue weighted by Gasteiger charge is 2.49. The predicted molar refractivity (Wildman–Crippen MR) is 137 cm³/mol. The van der Waals surface area contributed by atoms with Crippen molar-refractivity contribution in [3.8, 4) is 0 Å². The summed E-state index contributed by atoms with van der Waals surface area (Å²) in [5.74, 6) is 1.01. The molecule has 0 radical (unpaired) electrons. The van der Waals surface area contributed by atoms with Gasteiger partial charge in [0.15, 0.2) is 0 Å². The van der Waals surface area contributed by atoms with Crippen LogP contribution >= 0.6 is 13.5 Å². The number of pyridine rings is 1. The largest absolute Gasteiger partial charge is 0.369 e. The number of aromatic nitrogens is 3. The molecule has 2 atom stereocenters. The number of rotatable bonds is 6. The van der Waals surface area contributed by atoms with E-state index in [1.54, 1.807) is 25.6 Å². The van der Waals surface area contributed by atoms with Gasteiger partial charge < -0.3 is 16.0 Å². The Morgan fingerprint density at radius 3 is 2.82 bits per heavy atom. The molecule has 1 saturated heterocycles. The van der Waals surface area contributed by atoms with Crippen LogP contribution in [0.25, 0.3) is 10.9 Å². The lowest BCUT2D eigenvalue weighted by Gasteiger charge is -2.29. The van der Waals surface area contributed by atoms with Crippen LogP contribution in [0.2, 0.25) is 0 Å². The van der Waals surface area contributed by atoms with Gasteiger partial charge in [-0.15, -0.1) is 0 Å². The van der Waals surface area contributed by atoms with Crippen LogP contribution < -0.4 is 16.0 Å². The molecule has 1 saturated carbocycles. The lowest BCUT2D eigenvalue weighted by atomic mass is 9.87. The molecule has 1 aromatic carbocycles. The Labute approximate surface area is 205 Å². The van der Waals surface area contributed by atoms with E-state index >= 15 is 0 Å². The van der Waals surface area contributed by atoms with Crippen molar-refractivity contribution in [2.24, 2.45) is 0 Å². The van der Waals surface area contributed by atoms with Crippen molar-refractivity contribution in [1.29, 1.82) is 0 Å². The van der Waals surface area contributed by atoms with Gasteiger partial charge in [-0.3, -0.25) is 14.6 Å². The average Bonchev–Trinajstić information content (AvgIpc) is 3.58. The predicted octanol–water partition coefficient (Wildman–Crippen LogP) is 3.24. The van der Waals surface area contributed by atoms with Gasteiger partial charge in [0.2, 0.25) is 5.91 Å². The van der Waals surface area contributed by atoms with Crippen molar-refractivity contribution < 1.29 is 9.59 Å². The van der Waals surface area contributed by atoms with Crippen molar-refractivity contribution in [2.45, 2.75) is 50.0 Å². The van der Waals surface area contributed by atoms with Gasteiger partial charge in [-0.1, -0.05) is 25.1 Å². The van der Waals surface area contributed by atoms with Crippen LogP contribution in [0.1, 0.15) is 66.1 Å². The minimum absolute atomic E-state index is 0. The van der Waals surface area contributed by atoms with Gasteiger partial charge in [-0.2, -0.15) is 13.5 Å². The fourth-order valence-electron chi connectivity index (χ4n) is 4.84. The van der Waals surface area contributed by atoms with E-state index in [1.165, 1.54) is 0 Å². The molecule has 2 fully saturated rings. The van der Waals surface area contributed by atoms with E-state index in [9.17, 15) is 9.59 Å². The summed E-state index contributed by atoms with van der Waals surface area (Å²) in [6.45, 7) is 2.77. The van der Waals surface area contributed by atoms with Crippen LogP contribution in [0.4, 0.5) is 5.82 Å². The summed E-state index contributed by atoms with van der Waals surface area (Å²) in [4.78, 5) is 37.8. The lowest BCUT2D eigenvalue weighted by Crippen LogP contribution is -2.43. The number of hydrogen-bond donors (Lipinski definition) is 3. The van der Waals surface area contributed by atoms with E-state index in [0.717, 1.165) is 47.2 Å². The number of hydrogen-bond acceptors (Lipinski definition) is 6. The zero-order valence-corrected chi connectivity index (χ0v) is 20.4. The van der Waals surface area contributed by atoms with Gasteiger partial charge in [-0.05, 0) is 30.9 Å². The summed E-state index contributed by atoms with van der Waals surface area (Å²) in [5.41, 5.74) is 3.44. The first kappa shape index (κ1) is 23.9. The Hall–Kier alpha value is -3.20. The maximum absolute atomic E-state index is 12.3. The topological polar surface area (TPSA) is 109 Å². The zero-order valence-electron chi connectivity index (χ0n) is 19.4. The number of fused-ring (bicyclic) bond motifs is 1. The van der Waals surface area contributed by atoms with Gasteiger partial charge in [0.1, 0.15) is 12.1 Å². The number of para-hydroxylation sites is 1. The monoisotopic (exact) mass is 478 g/mol. The van der Waals surface area contributed by atoms with Crippen molar-refractivity contribution in [3.05, 3.63) is 59.7 Å². The van der Waals surface area contributed by atoms with Crippen LogP contribution in [0, 0.1) is 0 Å². The second-order valence-corrected chi connectivity index (χ2v) is 9.22. The normalized spacial score (nSPS) is 19.1. The number of nitrogens with zero attached hydrogens (tertiary/aromatic N) is 3. The van der Waals surface area contributed by atoms with Gasteiger partial charge in [-0.25, -0.2) is 9.97 Å². The van der Waals surface area contributed by atoms with Gasteiger partial charge in [0.05, 0.1) is 11.1 Å². The van der Waals surface area contributed by atoms with Crippen molar-refractivity contribution in [2.75, 3.05) is 18.9 Å². The van der Waals surface area contributed by atoms with Crippen LogP contribution in [-0.4, -0.2) is 45.9 Å². The van der Waals surface area contributed by atoms with E-state index in [0.29, 0.717) is 18.5 Å². The molecule has 1 unspecified atom stereocenters. The Bertz CT molecular complexity index is 1230. The maximum Gasteiger partial charge on any atom is 0.251 e. The molecule has 3 heterocycles. The molecule has 3 aromatic rings. The van der Waals surface area contributed by atoms with Crippen LogP contribution in [0.3, 0.4) is 0 Å². The molecule has 2 aromatic heterocycles. The highest BCUT2D eigenvalue weighted by atomic mass is 32.1. The SMILES string of the molecule is CNC(=O)c1ccnc2c([C@H](C)CNc3cc(C4CC(=O)NC5(CC5)C4)ncn3)cccc12.S. The summed E-state index contributed by atoms with van der Waals surface area (Å²) in [6, 6.07) is 9.66. The molecule has 3 N–H and O–H groups in total. The minimum Gasteiger partial charge on any atom is -0.369 e. The van der Waals surface area contributed by atoms with Crippen molar-refractivity contribution >= 4 is 42.0 Å². The highest BCUT2D eigenvalue weighted by Crippen LogP contribution is 2.47. The number of benzene rings is 1. The molecule has 178 valence electrons. The maximum atomic E-state index is 12.3. The molecular weight excluding hydrogens is 448 g/mol. The number of carbonyl (C=O) groups excluding carboxylic acids is 2. The first-order valence-corrected chi connectivity index (χ1v) is 11.4. The van der Waals surface area contributed by atoms with Crippen LogP contribution in [0.15, 0.2) is 42.9 Å². The van der Waals surface area contributed by atoms with E-state index < -0.39 is 0 Å². The molecule has 9 heteroatoms. The minimum atomic E-state index is -0.122. The van der Waals surface area contributed by atoms with E-state index in [1.807, 2.05) is 18.2 Å². The Morgan fingerprint density at radius 1 is 1.24 bits per heavy atom. The lowest BCUT2D eigenvalue weighted by molar-refractivity contribution is -0.124. The number of nitrogens with one attached hydrogen (secondary N) is 3. The summed E-state index contributed by atoms with van der Waals surface area (Å²) in [6.07, 6.45) is 6.79. The quantitative estimate of drug-likeness (QED) is 0.502. The van der Waals surface area contributed by atoms with E-state index in [-0.39, 0.29) is 42.7 Å². The van der Waals surface area contributed by atoms with E-state index in [2.05, 4.69) is 43.9 Å². The number of anilines is 1. The zero-order chi connectivity index (χ0) is 23.0.